The minimum absolute atomic E-state index is 0.185. The zero-order valence-corrected chi connectivity index (χ0v) is 20.1. The van der Waals surface area contributed by atoms with Crippen LogP contribution in [-0.4, -0.2) is 36.7 Å². The third-order valence-electron chi connectivity index (χ3n) is 5.40. The van der Waals surface area contributed by atoms with Gasteiger partial charge in [0.15, 0.2) is 17.3 Å². The molecule has 0 aliphatic carbocycles. The van der Waals surface area contributed by atoms with Crippen molar-refractivity contribution in [3.8, 4) is 34.2 Å². The van der Waals surface area contributed by atoms with Crippen molar-refractivity contribution in [2.75, 3.05) is 21.3 Å². The molecule has 0 fully saturated rings. The van der Waals surface area contributed by atoms with E-state index in [-0.39, 0.29) is 11.5 Å². The van der Waals surface area contributed by atoms with Crippen molar-refractivity contribution in [1.29, 1.82) is 0 Å². The topological polar surface area (TPSA) is 82.6 Å². The summed E-state index contributed by atoms with van der Waals surface area (Å²) in [4.78, 5) is 28.4. The van der Waals surface area contributed by atoms with Crippen molar-refractivity contribution in [3.63, 3.8) is 0 Å². The maximum absolute atomic E-state index is 12.8. The van der Waals surface area contributed by atoms with E-state index in [4.69, 9.17) is 25.8 Å². The smallest absolute Gasteiger partial charge is 0.330 e. The van der Waals surface area contributed by atoms with Crippen LogP contribution in [0.1, 0.15) is 15.9 Å². The molecule has 1 heterocycles. The fourth-order valence-corrected chi connectivity index (χ4v) is 3.75. The van der Waals surface area contributed by atoms with Crippen molar-refractivity contribution in [2.24, 2.45) is 0 Å². The van der Waals surface area contributed by atoms with E-state index in [9.17, 15) is 9.59 Å². The summed E-state index contributed by atoms with van der Waals surface area (Å²) < 4.78 is 17.6. The number of nitrogens with zero attached hydrogens (tertiary/aromatic N) is 1. The molecule has 178 valence electrons. The van der Waals surface area contributed by atoms with E-state index in [1.165, 1.54) is 32.0 Å². The summed E-state index contributed by atoms with van der Waals surface area (Å²) in [5, 5.41) is 0.629. The molecule has 0 saturated heterocycles. The fourth-order valence-electron chi connectivity index (χ4n) is 3.62. The van der Waals surface area contributed by atoms with Crippen molar-refractivity contribution in [3.05, 3.63) is 99.6 Å². The second-order valence-corrected chi connectivity index (χ2v) is 7.99. The second kappa shape index (κ2) is 10.4. The molecule has 4 aromatic rings. The Labute approximate surface area is 207 Å². The monoisotopic (exact) mass is 490 g/mol. The summed E-state index contributed by atoms with van der Waals surface area (Å²) in [5.74, 6) is 1.21. The van der Waals surface area contributed by atoms with Gasteiger partial charge in [0.25, 0.3) is 0 Å². The molecule has 0 atom stereocenters. The van der Waals surface area contributed by atoms with Gasteiger partial charge in [0.05, 0.1) is 32.7 Å². The van der Waals surface area contributed by atoms with Crippen LogP contribution in [0.2, 0.25) is 5.02 Å². The van der Waals surface area contributed by atoms with E-state index in [0.29, 0.717) is 44.8 Å². The van der Waals surface area contributed by atoms with Crippen molar-refractivity contribution in [1.82, 2.24) is 9.55 Å². The lowest BCUT2D eigenvalue weighted by Crippen LogP contribution is -2.14. The van der Waals surface area contributed by atoms with Gasteiger partial charge >= 0.3 is 5.69 Å². The lowest BCUT2D eigenvalue weighted by molar-refractivity contribution is 0.104. The van der Waals surface area contributed by atoms with Crippen molar-refractivity contribution < 1.29 is 19.0 Å². The van der Waals surface area contributed by atoms with E-state index in [2.05, 4.69) is 4.98 Å². The number of methoxy groups -OCH3 is 3. The van der Waals surface area contributed by atoms with Gasteiger partial charge in [-0.2, -0.15) is 0 Å². The number of H-pyrrole nitrogens is 1. The van der Waals surface area contributed by atoms with Crippen molar-refractivity contribution >= 4 is 23.5 Å². The molecular weight excluding hydrogens is 468 g/mol. The molecule has 0 saturated carbocycles. The summed E-state index contributed by atoms with van der Waals surface area (Å²) in [7, 11) is 4.58. The lowest BCUT2D eigenvalue weighted by atomic mass is 10.1. The standard InChI is InChI=1S/C27H23ClN2O5/c1-33-24-14-19(15-25(34-2)26(24)35-3)22-16-30(27(32)29-22)21-6-4-5-18(13-21)23(31)12-9-17-7-10-20(28)11-8-17/h4-16H,1-3H3,(H,29,32). The molecule has 0 radical (unpaired) electrons. The summed E-state index contributed by atoms with van der Waals surface area (Å²) in [6.45, 7) is 0. The molecule has 0 spiro atoms. The second-order valence-electron chi connectivity index (χ2n) is 7.56. The Hall–Kier alpha value is -4.23. The number of halogens is 1. The number of aromatic amines is 1. The van der Waals surface area contributed by atoms with Crippen LogP contribution in [0.4, 0.5) is 0 Å². The summed E-state index contributed by atoms with van der Waals surface area (Å²) in [6.07, 6.45) is 4.87. The predicted molar refractivity (Wildman–Crippen MR) is 136 cm³/mol. The van der Waals surface area contributed by atoms with Gasteiger partial charge in [-0.25, -0.2) is 4.79 Å². The number of nitrogens with one attached hydrogen (secondary N) is 1. The summed E-state index contributed by atoms with van der Waals surface area (Å²) in [5.41, 5.74) is 2.73. The highest BCUT2D eigenvalue weighted by molar-refractivity contribution is 6.30. The molecule has 0 amide bonds. The maximum atomic E-state index is 12.8. The molecular formula is C27H23ClN2O5. The molecule has 0 aliphatic heterocycles. The summed E-state index contributed by atoms with van der Waals surface area (Å²) >= 11 is 5.90. The Bertz CT molecular complexity index is 1430. The third-order valence-corrected chi connectivity index (χ3v) is 5.65. The minimum atomic E-state index is -0.352. The normalized spacial score (nSPS) is 11.0. The number of aromatic nitrogens is 2. The van der Waals surface area contributed by atoms with Crippen LogP contribution in [0, 0.1) is 0 Å². The number of benzene rings is 3. The molecule has 1 N–H and O–H groups in total. The number of hydrogen-bond acceptors (Lipinski definition) is 5. The molecule has 1 aromatic heterocycles. The van der Waals surface area contributed by atoms with Crippen LogP contribution in [0.3, 0.4) is 0 Å². The summed E-state index contributed by atoms with van der Waals surface area (Å²) in [6, 6.07) is 17.5. The number of imidazole rings is 1. The zero-order chi connectivity index (χ0) is 24.9. The third kappa shape index (κ3) is 5.15. The van der Waals surface area contributed by atoms with Gasteiger partial charge in [-0.1, -0.05) is 41.9 Å². The number of carbonyl (C=O) groups excluding carboxylic acids is 1. The van der Waals surface area contributed by atoms with E-state index in [1.54, 1.807) is 60.8 Å². The molecule has 0 bridgehead atoms. The highest BCUT2D eigenvalue weighted by atomic mass is 35.5. The van der Waals surface area contributed by atoms with E-state index in [1.807, 2.05) is 12.1 Å². The van der Waals surface area contributed by atoms with Gasteiger partial charge in [0.2, 0.25) is 5.75 Å². The average molecular weight is 491 g/mol. The number of carbonyl (C=O) groups is 1. The Morgan fingerprint density at radius 1 is 0.943 bits per heavy atom. The number of allylic oxidation sites excluding steroid dienone is 1. The highest BCUT2D eigenvalue weighted by Crippen LogP contribution is 2.40. The highest BCUT2D eigenvalue weighted by Gasteiger charge is 2.16. The Balaban J connectivity index is 1.65. The lowest BCUT2D eigenvalue weighted by Gasteiger charge is -2.13. The first-order valence-electron chi connectivity index (χ1n) is 10.6. The van der Waals surface area contributed by atoms with Crippen LogP contribution < -0.4 is 19.9 Å². The number of hydrogen-bond donors (Lipinski definition) is 1. The van der Waals surface area contributed by atoms with Crippen LogP contribution in [0.5, 0.6) is 17.2 Å². The van der Waals surface area contributed by atoms with E-state index >= 15 is 0 Å². The zero-order valence-electron chi connectivity index (χ0n) is 19.4. The van der Waals surface area contributed by atoms with Gasteiger partial charge in [0.1, 0.15) is 0 Å². The van der Waals surface area contributed by atoms with Gasteiger partial charge in [0, 0.05) is 22.3 Å². The van der Waals surface area contributed by atoms with Crippen LogP contribution in [0.15, 0.2) is 77.7 Å². The Kier molecular flexibility index (Phi) is 7.08. The van der Waals surface area contributed by atoms with Gasteiger partial charge in [-0.15, -0.1) is 0 Å². The number of ketones is 1. The van der Waals surface area contributed by atoms with E-state index < -0.39 is 0 Å². The first kappa shape index (κ1) is 23.9. The Morgan fingerprint density at radius 2 is 1.63 bits per heavy atom. The maximum Gasteiger partial charge on any atom is 0.330 e. The fraction of sp³-hybridized carbons (Fsp3) is 0.111. The number of rotatable bonds is 8. The first-order chi connectivity index (χ1) is 16.9. The average Bonchev–Trinajstić information content (AvgIpc) is 3.28. The Morgan fingerprint density at radius 3 is 2.26 bits per heavy atom. The number of ether oxygens (including phenoxy) is 3. The molecule has 35 heavy (non-hydrogen) atoms. The molecule has 7 nitrogen and oxygen atoms in total. The molecule has 3 aromatic carbocycles. The first-order valence-corrected chi connectivity index (χ1v) is 11.0. The molecule has 8 heteroatoms. The largest absolute Gasteiger partial charge is 0.493 e. The minimum Gasteiger partial charge on any atom is -0.493 e. The SMILES string of the molecule is COc1cc(-c2cn(-c3cccc(C(=O)C=Cc4ccc(Cl)cc4)c3)c(=O)[nH]2)cc(OC)c1OC. The van der Waals surface area contributed by atoms with Crippen molar-refractivity contribution in [2.45, 2.75) is 0 Å². The van der Waals surface area contributed by atoms with Gasteiger partial charge in [-0.3, -0.25) is 9.36 Å². The van der Waals surface area contributed by atoms with Crippen LogP contribution >= 0.6 is 11.6 Å². The van der Waals surface area contributed by atoms with E-state index in [0.717, 1.165) is 5.56 Å². The molecule has 0 unspecified atom stereocenters. The van der Waals surface area contributed by atoms with Gasteiger partial charge in [-0.05, 0) is 48.0 Å². The van der Waals surface area contributed by atoms with Gasteiger partial charge < -0.3 is 19.2 Å². The predicted octanol–water partition coefficient (Wildman–Crippen LogP) is 5.41. The van der Waals surface area contributed by atoms with Crippen LogP contribution in [0.25, 0.3) is 23.0 Å². The molecule has 4 rings (SSSR count). The molecule has 0 aliphatic rings. The quantitative estimate of drug-likeness (QED) is 0.264. The van der Waals surface area contributed by atoms with Crippen LogP contribution in [-0.2, 0) is 0 Å².